The van der Waals surface area contributed by atoms with Crippen molar-refractivity contribution in [3.8, 4) is 50.2 Å². The number of fused-ring (bicyclic) bond motifs is 3. The Bertz CT molecular complexity index is 2180. The highest BCUT2D eigenvalue weighted by Crippen LogP contribution is 2.35. The van der Waals surface area contributed by atoms with Crippen LogP contribution < -0.4 is 0 Å². The summed E-state index contributed by atoms with van der Waals surface area (Å²) in [5.41, 5.74) is 13.3. The van der Waals surface area contributed by atoms with E-state index in [1.54, 1.807) is 0 Å². The third-order valence-electron chi connectivity index (χ3n) is 8.38. The summed E-state index contributed by atoms with van der Waals surface area (Å²) < 4.78 is 2.38. The summed E-state index contributed by atoms with van der Waals surface area (Å²) in [5.74, 6) is 0. The Balaban J connectivity index is 1.17. The normalized spacial score (nSPS) is 11.3. The van der Waals surface area contributed by atoms with E-state index in [4.69, 9.17) is 0 Å². The first-order valence-electron chi connectivity index (χ1n) is 14.8. The molecule has 0 bridgehead atoms. The molecule has 0 unspecified atom stereocenters. The molecule has 0 saturated heterocycles. The molecule has 1 heterocycles. The van der Waals surface area contributed by atoms with Crippen LogP contribution in [0.1, 0.15) is 0 Å². The molecule has 202 valence electrons. The third-order valence-corrected chi connectivity index (χ3v) is 8.38. The second-order valence-corrected chi connectivity index (χ2v) is 11.0. The zero-order valence-electron chi connectivity index (χ0n) is 23.7. The zero-order valence-corrected chi connectivity index (χ0v) is 23.7. The highest BCUT2D eigenvalue weighted by molar-refractivity contribution is 6.09. The van der Waals surface area contributed by atoms with Crippen LogP contribution in [0.3, 0.4) is 0 Å². The number of hydrogen-bond acceptors (Lipinski definition) is 0. The second kappa shape index (κ2) is 10.6. The van der Waals surface area contributed by atoms with E-state index in [9.17, 15) is 0 Å². The maximum Gasteiger partial charge on any atom is 0.0541 e. The van der Waals surface area contributed by atoms with Crippen LogP contribution >= 0.6 is 0 Å². The SMILES string of the molecule is c1ccc(-c2cccc(-c3cccc(-c4cccc(-c5cccc(-n6c7ccccc7c7ccccc76)c5)c4)c3)c2)cc1. The van der Waals surface area contributed by atoms with Gasteiger partial charge in [0.25, 0.3) is 0 Å². The molecule has 0 aliphatic carbocycles. The van der Waals surface area contributed by atoms with E-state index in [-0.39, 0.29) is 0 Å². The first-order valence-corrected chi connectivity index (χ1v) is 14.8. The average molecular weight is 548 g/mol. The van der Waals surface area contributed by atoms with Crippen LogP contribution in [-0.4, -0.2) is 4.57 Å². The molecule has 1 heteroatoms. The van der Waals surface area contributed by atoms with Gasteiger partial charge in [0.2, 0.25) is 0 Å². The molecule has 0 fully saturated rings. The summed E-state index contributed by atoms with van der Waals surface area (Å²) in [5, 5.41) is 2.55. The first kappa shape index (κ1) is 25.1. The van der Waals surface area contributed by atoms with Crippen LogP contribution in [0.15, 0.2) is 176 Å². The number of hydrogen-bond donors (Lipinski definition) is 0. The predicted octanol–water partition coefficient (Wildman–Crippen LogP) is 11.5. The lowest BCUT2D eigenvalue weighted by molar-refractivity contribution is 1.18. The molecule has 0 N–H and O–H groups in total. The Hall–Kier alpha value is -5.66. The van der Waals surface area contributed by atoms with Gasteiger partial charge in [0, 0.05) is 16.5 Å². The van der Waals surface area contributed by atoms with Gasteiger partial charge < -0.3 is 4.57 Å². The van der Waals surface area contributed by atoms with Crippen LogP contribution in [0.4, 0.5) is 0 Å². The highest BCUT2D eigenvalue weighted by atomic mass is 15.0. The van der Waals surface area contributed by atoms with E-state index in [2.05, 4.69) is 180 Å². The maximum atomic E-state index is 2.38. The van der Waals surface area contributed by atoms with Gasteiger partial charge in [-0.25, -0.2) is 0 Å². The lowest BCUT2D eigenvalue weighted by atomic mass is 9.95. The lowest BCUT2D eigenvalue weighted by Gasteiger charge is -2.12. The van der Waals surface area contributed by atoms with Crippen molar-refractivity contribution in [3.63, 3.8) is 0 Å². The topological polar surface area (TPSA) is 4.93 Å². The lowest BCUT2D eigenvalue weighted by Crippen LogP contribution is -1.94. The number of rotatable bonds is 5. The first-order chi connectivity index (χ1) is 21.3. The smallest absolute Gasteiger partial charge is 0.0541 e. The van der Waals surface area contributed by atoms with Crippen LogP contribution in [0.5, 0.6) is 0 Å². The Morgan fingerprint density at radius 3 is 1.09 bits per heavy atom. The van der Waals surface area contributed by atoms with Gasteiger partial charge in [-0.2, -0.15) is 0 Å². The number of benzene rings is 7. The van der Waals surface area contributed by atoms with Crippen molar-refractivity contribution in [2.75, 3.05) is 0 Å². The summed E-state index contributed by atoms with van der Waals surface area (Å²) in [4.78, 5) is 0. The Morgan fingerprint density at radius 2 is 0.605 bits per heavy atom. The van der Waals surface area contributed by atoms with Gasteiger partial charge in [-0.05, 0) is 87.0 Å². The van der Waals surface area contributed by atoms with Crippen LogP contribution in [-0.2, 0) is 0 Å². The van der Waals surface area contributed by atoms with Gasteiger partial charge >= 0.3 is 0 Å². The Labute approximate surface area is 251 Å². The quantitative estimate of drug-likeness (QED) is 0.202. The van der Waals surface area contributed by atoms with Gasteiger partial charge in [-0.1, -0.05) is 133 Å². The molecule has 7 aromatic carbocycles. The standard InChI is InChI=1S/C42H29N/c1-2-12-30(13-3-1)31-14-8-15-32(26-31)33-16-9-17-34(27-33)35-18-10-19-36(28-35)37-20-11-21-38(29-37)43-41-24-6-4-22-39(41)40-23-5-7-25-42(40)43/h1-29H. The molecule has 0 radical (unpaired) electrons. The molecule has 0 aliphatic rings. The van der Waals surface area contributed by atoms with E-state index in [1.807, 2.05) is 0 Å². The molecule has 1 nitrogen and oxygen atoms in total. The van der Waals surface area contributed by atoms with E-state index >= 15 is 0 Å². The summed E-state index contributed by atoms with van der Waals surface area (Å²) in [6.45, 7) is 0. The minimum atomic E-state index is 1.17. The van der Waals surface area contributed by atoms with Crippen molar-refractivity contribution in [2.45, 2.75) is 0 Å². The van der Waals surface area contributed by atoms with Crippen molar-refractivity contribution in [1.82, 2.24) is 4.57 Å². The molecule has 0 atom stereocenters. The molecule has 0 aliphatic heterocycles. The van der Waals surface area contributed by atoms with Gasteiger partial charge in [0.05, 0.1) is 11.0 Å². The van der Waals surface area contributed by atoms with Crippen molar-refractivity contribution in [2.24, 2.45) is 0 Å². The summed E-state index contributed by atoms with van der Waals surface area (Å²) in [6, 6.07) is 63.4. The molecule has 1 aromatic heterocycles. The fourth-order valence-corrected chi connectivity index (χ4v) is 6.29. The third kappa shape index (κ3) is 4.62. The number of para-hydroxylation sites is 2. The van der Waals surface area contributed by atoms with Crippen LogP contribution in [0, 0.1) is 0 Å². The van der Waals surface area contributed by atoms with E-state index in [0.29, 0.717) is 0 Å². The van der Waals surface area contributed by atoms with E-state index in [1.165, 1.54) is 72.0 Å². The maximum absolute atomic E-state index is 2.38. The van der Waals surface area contributed by atoms with Crippen molar-refractivity contribution in [1.29, 1.82) is 0 Å². The number of aromatic nitrogens is 1. The largest absolute Gasteiger partial charge is 0.309 e. The molecular weight excluding hydrogens is 518 g/mol. The van der Waals surface area contributed by atoms with Gasteiger partial charge in [-0.15, -0.1) is 0 Å². The molecule has 8 aromatic rings. The molecule has 8 rings (SSSR count). The molecule has 0 spiro atoms. The summed E-state index contributed by atoms with van der Waals surface area (Å²) in [7, 11) is 0. The fraction of sp³-hybridized carbons (Fsp3) is 0. The minimum Gasteiger partial charge on any atom is -0.309 e. The Morgan fingerprint density at radius 1 is 0.256 bits per heavy atom. The fourth-order valence-electron chi connectivity index (χ4n) is 6.29. The van der Waals surface area contributed by atoms with Crippen LogP contribution in [0.25, 0.3) is 72.0 Å². The van der Waals surface area contributed by atoms with Gasteiger partial charge in [0.15, 0.2) is 0 Å². The zero-order chi connectivity index (χ0) is 28.6. The van der Waals surface area contributed by atoms with Crippen molar-refractivity contribution >= 4 is 21.8 Å². The van der Waals surface area contributed by atoms with Crippen molar-refractivity contribution in [3.05, 3.63) is 176 Å². The predicted molar refractivity (Wildman–Crippen MR) is 183 cm³/mol. The number of nitrogens with zero attached hydrogens (tertiary/aromatic N) is 1. The van der Waals surface area contributed by atoms with Gasteiger partial charge in [0.1, 0.15) is 0 Å². The molecule has 43 heavy (non-hydrogen) atoms. The van der Waals surface area contributed by atoms with E-state index in [0.717, 1.165) is 0 Å². The second-order valence-electron chi connectivity index (χ2n) is 11.0. The monoisotopic (exact) mass is 547 g/mol. The Kier molecular flexibility index (Phi) is 6.20. The van der Waals surface area contributed by atoms with Crippen molar-refractivity contribution < 1.29 is 0 Å². The minimum absolute atomic E-state index is 1.17. The summed E-state index contributed by atoms with van der Waals surface area (Å²) >= 11 is 0. The average Bonchev–Trinajstić information content (AvgIpc) is 3.43. The van der Waals surface area contributed by atoms with Crippen LogP contribution in [0.2, 0.25) is 0 Å². The van der Waals surface area contributed by atoms with Gasteiger partial charge in [-0.3, -0.25) is 0 Å². The molecule has 0 amide bonds. The van der Waals surface area contributed by atoms with E-state index < -0.39 is 0 Å². The summed E-state index contributed by atoms with van der Waals surface area (Å²) in [6.07, 6.45) is 0. The highest BCUT2D eigenvalue weighted by Gasteiger charge is 2.12. The molecular formula is C42H29N. The molecule has 0 saturated carbocycles.